The highest BCUT2D eigenvalue weighted by atomic mass is 79.9. The smallest absolute Gasteiger partial charge is 0.312 e. The number of hydrogen-bond donors (Lipinski definition) is 3. The Morgan fingerprint density at radius 3 is 2.67 bits per heavy atom. The van der Waals surface area contributed by atoms with E-state index in [1.807, 2.05) is 0 Å². The molecule has 0 aliphatic heterocycles. The van der Waals surface area contributed by atoms with Gasteiger partial charge in [-0.2, -0.15) is 0 Å². The van der Waals surface area contributed by atoms with Crippen molar-refractivity contribution in [2.24, 2.45) is 5.73 Å². The number of hydrogen-bond acceptors (Lipinski definition) is 5. The molecule has 0 aliphatic carbocycles. The number of aromatic hydroxyl groups is 1. The van der Waals surface area contributed by atoms with E-state index in [2.05, 4.69) is 15.9 Å². The highest BCUT2D eigenvalue weighted by molar-refractivity contribution is 9.10. The monoisotopic (exact) mass is 276 g/mol. The van der Waals surface area contributed by atoms with Crippen LogP contribution in [0, 0.1) is 10.1 Å². The van der Waals surface area contributed by atoms with Crippen LogP contribution in [0.4, 0.5) is 5.69 Å². The van der Waals surface area contributed by atoms with Crippen molar-refractivity contribution in [1.82, 2.24) is 0 Å². The Labute approximate surface area is 93.6 Å². The molecule has 0 heterocycles. The van der Waals surface area contributed by atoms with Crippen molar-refractivity contribution in [3.8, 4) is 5.75 Å². The number of nitro groups is 1. The molecule has 0 saturated heterocycles. The Bertz CT molecular complexity index is 396. The van der Waals surface area contributed by atoms with Crippen LogP contribution in [0.25, 0.3) is 0 Å². The van der Waals surface area contributed by atoms with E-state index >= 15 is 0 Å². The summed E-state index contributed by atoms with van der Waals surface area (Å²) in [5.41, 5.74) is 5.04. The molecule has 0 fully saturated rings. The second kappa shape index (κ2) is 4.56. The van der Waals surface area contributed by atoms with Crippen molar-refractivity contribution < 1.29 is 15.1 Å². The quantitative estimate of drug-likeness (QED) is 0.565. The van der Waals surface area contributed by atoms with Crippen molar-refractivity contribution in [2.75, 3.05) is 6.54 Å². The van der Waals surface area contributed by atoms with Crippen molar-refractivity contribution >= 4 is 21.6 Å². The molecule has 0 radical (unpaired) electrons. The molecule has 0 aromatic heterocycles. The van der Waals surface area contributed by atoms with Gasteiger partial charge in [0.25, 0.3) is 0 Å². The Kier molecular flexibility index (Phi) is 3.61. The van der Waals surface area contributed by atoms with Crippen molar-refractivity contribution in [3.05, 3.63) is 32.3 Å². The van der Waals surface area contributed by atoms with Crippen molar-refractivity contribution in [1.29, 1.82) is 0 Å². The van der Waals surface area contributed by atoms with Gasteiger partial charge in [0, 0.05) is 12.6 Å². The molecule has 1 rings (SSSR count). The maximum Gasteiger partial charge on any atom is 0.312 e. The summed E-state index contributed by atoms with van der Waals surface area (Å²) < 4.78 is 0.152. The Morgan fingerprint density at radius 2 is 2.20 bits per heavy atom. The molecule has 0 saturated carbocycles. The number of benzene rings is 1. The summed E-state index contributed by atoms with van der Waals surface area (Å²) in [6.07, 6.45) is -0.986. The molecule has 7 heteroatoms. The van der Waals surface area contributed by atoms with E-state index in [4.69, 9.17) is 5.73 Å². The number of nitro benzene ring substituents is 1. The molecular formula is C8H9BrN2O4. The van der Waals surface area contributed by atoms with Crippen LogP contribution < -0.4 is 5.73 Å². The molecule has 1 aromatic carbocycles. The molecule has 1 unspecified atom stereocenters. The molecule has 6 nitrogen and oxygen atoms in total. The summed E-state index contributed by atoms with van der Waals surface area (Å²) in [6, 6.07) is 2.48. The minimum atomic E-state index is -0.986. The fourth-order valence-electron chi connectivity index (χ4n) is 1.07. The third kappa shape index (κ3) is 2.44. The van der Waals surface area contributed by atoms with Crippen LogP contribution in [0.15, 0.2) is 16.6 Å². The summed E-state index contributed by atoms with van der Waals surface area (Å²) in [5, 5.41) is 29.3. The topological polar surface area (TPSA) is 110 Å². The van der Waals surface area contributed by atoms with E-state index < -0.39 is 22.5 Å². The van der Waals surface area contributed by atoms with Crippen molar-refractivity contribution in [3.63, 3.8) is 0 Å². The lowest BCUT2D eigenvalue weighted by molar-refractivity contribution is -0.386. The summed E-state index contributed by atoms with van der Waals surface area (Å²) in [7, 11) is 0. The first-order valence-electron chi connectivity index (χ1n) is 4.02. The number of nitrogens with zero attached hydrogens (tertiary/aromatic N) is 1. The van der Waals surface area contributed by atoms with Gasteiger partial charge >= 0.3 is 5.69 Å². The van der Waals surface area contributed by atoms with Gasteiger partial charge in [-0.25, -0.2) is 0 Å². The van der Waals surface area contributed by atoms with Crippen LogP contribution in [0.1, 0.15) is 11.7 Å². The van der Waals surface area contributed by atoms with E-state index in [1.54, 1.807) is 0 Å². The first-order chi connectivity index (χ1) is 6.97. The molecule has 0 bridgehead atoms. The summed E-state index contributed by atoms with van der Waals surface area (Å²) >= 11 is 2.96. The standard InChI is InChI=1S/C8H9BrN2O4/c9-5-1-4(7(12)3-10)2-6(8(5)13)11(14)15/h1-2,7,12-13H,3,10H2. The molecule has 82 valence electrons. The number of rotatable bonds is 3. The first-order valence-corrected chi connectivity index (χ1v) is 4.81. The first kappa shape index (κ1) is 11.9. The van der Waals surface area contributed by atoms with E-state index in [-0.39, 0.29) is 16.6 Å². The molecule has 1 atom stereocenters. The normalized spacial score (nSPS) is 12.5. The van der Waals surface area contributed by atoms with E-state index in [1.165, 1.54) is 6.07 Å². The summed E-state index contributed by atoms with van der Waals surface area (Å²) in [6.45, 7) is -0.0473. The Hall–Kier alpha value is -1.18. The largest absolute Gasteiger partial charge is 0.501 e. The zero-order chi connectivity index (χ0) is 11.6. The fraction of sp³-hybridized carbons (Fsp3) is 0.250. The lowest BCUT2D eigenvalue weighted by atomic mass is 10.1. The average Bonchev–Trinajstić information content (AvgIpc) is 2.20. The van der Waals surface area contributed by atoms with Gasteiger partial charge in [0.2, 0.25) is 5.75 Å². The van der Waals surface area contributed by atoms with E-state index in [9.17, 15) is 20.3 Å². The summed E-state index contributed by atoms with van der Waals surface area (Å²) in [5.74, 6) is -0.465. The van der Waals surface area contributed by atoms with Gasteiger partial charge in [0.05, 0.1) is 15.5 Å². The zero-order valence-electron chi connectivity index (χ0n) is 7.55. The minimum Gasteiger partial charge on any atom is -0.501 e. The van der Waals surface area contributed by atoms with Gasteiger partial charge in [-0.1, -0.05) is 0 Å². The maximum atomic E-state index is 10.5. The van der Waals surface area contributed by atoms with Gasteiger partial charge in [0.15, 0.2) is 0 Å². The number of phenolic OH excluding ortho intramolecular Hbond substituents is 1. The lowest BCUT2D eigenvalue weighted by Crippen LogP contribution is -2.11. The van der Waals surface area contributed by atoms with E-state index in [0.717, 1.165) is 6.07 Å². The molecule has 0 spiro atoms. The van der Waals surface area contributed by atoms with E-state index in [0.29, 0.717) is 0 Å². The second-order valence-corrected chi connectivity index (χ2v) is 3.73. The minimum absolute atomic E-state index is 0.0473. The SMILES string of the molecule is NCC(O)c1cc(Br)c(O)c([N+](=O)[O-])c1. The number of phenols is 1. The van der Waals surface area contributed by atoms with Gasteiger partial charge < -0.3 is 15.9 Å². The molecule has 15 heavy (non-hydrogen) atoms. The fourth-order valence-corrected chi connectivity index (χ4v) is 1.54. The van der Waals surface area contributed by atoms with Crippen LogP contribution in [0.3, 0.4) is 0 Å². The third-order valence-electron chi connectivity index (χ3n) is 1.87. The Balaban J connectivity index is 3.29. The van der Waals surface area contributed by atoms with Gasteiger partial charge in [-0.15, -0.1) is 0 Å². The maximum absolute atomic E-state index is 10.5. The lowest BCUT2D eigenvalue weighted by Gasteiger charge is -2.09. The highest BCUT2D eigenvalue weighted by Crippen LogP contribution is 2.36. The van der Waals surface area contributed by atoms with Crippen LogP contribution in [-0.2, 0) is 0 Å². The Morgan fingerprint density at radius 1 is 1.60 bits per heavy atom. The summed E-state index contributed by atoms with van der Waals surface area (Å²) in [4.78, 5) is 9.82. The van der Waals surface area contributed by atoms with Crippen LogP contribution in [0.2, 0.25) is 0 Å². The molecule has 1 aromatic rings. The molecule has 0 amide bonds. The number of aliphatic hydroxyl groups excluding tert-OH is 1. The van der Waals surface area contributed by atoms with Crippen LogP contribution in [0.5, 0.6) is 5.75 Å². The molecular weight excluding hydrogens is 268 g/mol. The zero-order valence-corrected chi connectivity index (χ0v) is 9.14. The number of nitrogens with two attached hydrogens (primary N) is 1. The van der Waals surface area contributed by atoms with Gasteiger partial charge in [0.1, 0.15) is 0 Å². The highest BCUT2D eigenvalue weighted by Gasteiger charge is 2.20. The molecule has 4 N–H and O–H groups in total. The predicted octanol–water partition coefficient (Wildman–Crippen LogP) is 1.05. The van der Waals surface area contributed by atoms with Crippen LogP contribution >= 0.6 is 15.9 Å². The second-order valence-electron chi connectivity index (χ2n) is 2.88. The molecule has 0 aliphatic rings. The average molecular weight is 277 g/mol. The van der Waals surface area contributed by atoms with Gasteiger partial charge in [-0.3, -0.25) is 10.1 Å². The van der Waals surface area contributed by atoms with Gasteiger partial charge in [-0.05, 0) is 27.6 Å². The number of aliphatic hydroxyl groups is 1. The predicted molar refractivity (Wildman–Crippen MR) is 56.5 cm³/mol. The van der Waals surface area contributed by atoms with Crippen molar-refractivity contribution in [2.45, 2.75) is 6.10 Å². The van der Waals surface area contributed by atoms with Crippen LogP contribution in [-0.4, -0.2) is 21.7 Å². The third-order valence-corrected chi connectivity index (χ3v) is 2.47. The number of halogens is 1.